The molecule has 2 heterocycles. The third kappa shape index (κ3) is 3.17. The molecule has 4 heteroatoms. The zero-order valence-corrected chi connectivity index (χ0v) is 14.3. The van der Waals surface area contributed by atoms with Crippen molar-refractivity contribution in [3.05, 3.63) is 75.6 Å². The standard InChI is InChI=1S/C21H21NO3/c1-2-6-16-11-20(23)25-21-17(16)9-10-19-18(21)13-22(14-24-19)12-15-7-4-3-5-8-15/h3-5,7-11H,2,6,12-14H2,1H3. The Morgan fingerprint density at radius 2 is 1.96 bits per heavy atom. The number of hydrogen-bond acceptors (Lipinski definition) is 4. The Balaban J connectivity index is 1.72. The van der Waals surface area contributed by atoms with E-state index < -0.39 is 0 Å². The molecule has 2 aromatic carbocycles. The van der Waals surface area contributed by atoms with Gasteiger partial charge >= 0.3 is 5.63 Å². The average molecular weight is 335 g/mol. The van der Waals surface area contributed by atoms with Gasteiger partial charge in [-0.25, -0.2) is 4.79 Å². The minimum absolute atomic E-state index is 0.287. The van der Waals surface area contributed by atoms with Gasteiger partial charge in [0.1, 0.15) is 18.1 Å². The van der Waals surface area contributed by atoms with Crippen LogP contribution in [0.3, 0.4) is 0 Å². The average Bonchev–Trinajstić information content (AvgIpc) is 2.63. The Bertz CT molecular complexity index is 947. The van der Waals surface area contributed by atoms with Crippen LogP contribution in [0.25, 0.3) is 11.0 Å². The van der Waals surface area contributed by atoms with E-state index in [0.29, 0.717) is 18.9 Å². The summed E-state index contributed by atoms with van der Waals surface area (Å²) >= 11 is 0. The molecule has 25 heavy (non-hydrogen) atoms. The molecule has 0 amide bonds. The maximum absolute atomic E-state index is 12.0. The van der Waals surface area contributed by atoms with Crippen LogP contribution in [0.4, 0.5) is 0 Å². The molecule has 0 N–H and O–H groups in total. The zero-order valence-electron chi connectivity index (χ0n) is 14.3. The predicted molar refractivity (Wildman–Crippen MR) is 97.7 cm³/mol. The van der Waals surface area contributed by atoms with E-state index in [1.165, 1.54) is 5.56 Å². The second-order valence-corrected chi connectivity index (χ2v) is 6.51. The van der Waals surface area contributed by atoms with Gasteiger partial charge in [0.05, 0.1) is 5.56 Å². The summed E-state index contributed by atoms with van der Waals surface area (Å²) in [5.74, 6) is 0.814. The van der Waals surface area contributed by atoms with Crippen molar-refractivity contribution < 1.29 is 9.15 Å². The van der Waals surface area contributed by atoms with Crippen molar-refractivity contribution in [1.82, 2.24) is 4.90 Å². The number of ether oxygens (including phenoxy) is 1. The van der Waals surface area contributed by atoms with Gasteiger partial charge < -0.3 is 9.15 Å². The monoisotopic (exact) mass is 335 g/mol. The molecule has 1 aliphatic rings. The van der Waals surface area contributed by atoms with E-state index in [1.54, 1.807) is 6.07 Å². The highest BCUT2D eigenvalue weighted by Gasteiger charge is 2.22. The van der Waals surface area contributed by atoms with Gasteiger partial charge in [0.15, 0.2) is 0 Å². The lowest BCUT2D eigenvalue weighted by Crippen LogP contribution is -2.31. The summed E-state index contributed by atoms with van der Waals surface area (Å²) in [6, 6.07) is 15.9. The maximum atomic E-state index is 12.0. The van der Waals surface area contributed by atoms with Crippen LogP contribution >= 0.6 is 0 Å². The van der Waals surface area contributed by atoms with Crippen LogP contribution in [0.5, 0.6) is 5.75 Å². The first kappa shape index (κ1) is 15.9. The molecule has 0 fully saturated rings. The molecule has 0 saturated carbocycles. The first-order valence-corrected chi connectivity index (χ1v) is 8.72. The molecule has 1 aromatic heterocycles. The van der Waals surface area contributed by atoms with Gasteiger partial charge in [0, 0.05) is 24.5 Å². The van der Waals surface area contributed by atoms with E-state index >= 15 is 0 Å². The molecular formula is C21H21NO3. The topological polar surface area (TPSA) is 42.7 Å². The smallest absolute Gasteiger partial charge is 0.336 e. The molecule has 3 aromatic rings. The lowest BCUT2D eigenvalue weighted by molar-refractivity contribution is 0.0889. The van der Waals surface area contributed by atoms with E-state index in [2.05, 4.69) is 24.0 Å². The summed E-state index contributed by atoms with van der Waals surface area (Å²) in [4.78, 5) is 14.2. The second kappa shape index (κ2) is 6.73. The molecule has 0 atom stereocenters. The largest absolute Gasteiger partial charge is 0.478 e. The van der Waals surface area contributed by atoms with Crippen molar-refractivity contribution in [1.29, 1.82) is 0 Å². The minimum atomic E-state index is -0.287. The second-order valence-electron chi connectivity index (χ2n) is 6.51. The van der Waals surface area contributed by atoms with Crippen LogP contribution in [0, 0.1) is 0 Å². The SMILES string of the molecule is CCCc1cc(=O)oc2c3c(ccc12)OCN(Cc1ccccc1)C3. The Kier molecular flexibility index (Phi) is 4.28. The highest BCUT2D eigenvalue weighted by molar-refractivity contribution is 5.85. The molecular weight excluding hydrogens is 314 g/mol. The van der Waals surface area contributed by atoms with Gasteiger partial charge in [0.25, 0.3) is 0 Å². The van der Waals surface area contributed by atoms with E-state index in [0.717, 1.165) is 41.6 Å². The quantitative estimate of drug-likeness (QED) is 0.673. The van der Waals surface area contributed by atoms with E-state index in [4.69, 9.17) is 9.15 Å². The molecule has 0 saturated heterocycles. The van der Waals surface area contributed by atoms with Gasteiger partial charge in [-0.05, 0) is 29.7 Å². The summed E-state index contributed by atoms with van der Waals surface area (Å²) in [5, 5.41) is 1.02. The molecule has 0 radical (unpaired) electrons. The van der Waals surface area contributed by atoms with Crippen molar-refractivity contribution in [3.8, 4) is 5.75 Å². The number of aryl methyl sites for hydroxylation is 1. The van der Waals surface area contributed by atoms with Crippen LogP contribution < -0.4 is 10.4 Å². The fraction of sp³-hybridized carbons (Fsp3) is 0.286. The van der Waals surface area contributed by atoms with E-state index in [9.17, 15) is 4.79 Å². The van der Waals surface area contributed by atoms with Crippen molar-refractivity contribution in [2.24, 2.45) is 0 Å². The lowest BCUT2D eigenvalue weighted by atomic mass is 10.0. The normalized spacial score (nSPS) is 14.3. The molecule has 128 valence electrons. The first-order chi connectivity index (χ1) is 12.2. The maximum Gasteiger partial charge on any atom is 0.336 e. The van der Waals surface area contributed by atoms with Gasteiger partial charge in [-0.15, -0.1) is 0 Å². The third-order valence-electron chi connectivity index (χ3n) is 4.61. The van der Waals surface area contributed by atoms with E-state index in [-0.39, 0.29) is 5.63 Å². The van der Waals surface area contributed by atoms with Crippen molar-refractivity contribution in [3.63, 3.8) is 0 Å². The Morgan fingerprint density at radius 3 is 2.76 bits per heavy atom. The summed E-state index contributed by atoms with van der Waals surface area (Å²) in [7, 11) is 0. The molecule has 1 aliphatic heterocycles. The summed E-state index contributed by atoms with van der Waals surface area (Å²) < 4.78 is 11.5. The van der Waals surface area contributed by atoms with Gasteiger partial charge in [-0.1, -0.05) is 43.7 Å². The lowest BCUT2D eigenvalue weighted by Gasteiger charge is -2.29. The predicted octanol–water partition coefficient (Wildman–Crippen LogP) is 4.10. The van der Waals surface area contributed by atoms with Gasteiger partial charge in [0.2, 0.25) is 0 Å². The summed E-state index contributed by atoms with van der Waals surface area (Å²) in [6.07, 6.45) is 1.86. The van der Waals surface area contributed by atoms with Crippen LogP contribution in [0.15, 0.2) is 57.7 Å². The first-order valence-electron chi connectivity index (χ1n) is 8.72. The van der Waals surface area contributed by atoms with Gasteiger partial charge in [-0.3, -0.25) is 4.90 Å². The summed E-state index contributed by atoms with van der Waals surface area (Å²) in [6.45, 7) is 4.16. The van der Waals surface area contributed by atoms with Crippen LogP contribution in [0.2, 0.25) is 0 Å². The number of benzene rings is 2. The van der Waals surface area contributed by atoms with E-state index in [1.807, 2.05) is 30.3 Å². The highest BCUT2D eigenvalue weighted by Crippen LogP contribution is 2.33. The number of rotatable bonds is 4. The minimum Gasteiger partial charge on any atom is -0.478 e. The van der Waals surface area contributed by atoms with Crippen LogP contribution in [-0.4, -0.2) is 11.6 Å². The van der Waals surface area contributed by atoms with Crippen LogP contribution in [-0.2, 0) is 19.5 Å². The Labute approximate surface area is 146 Å². The number of hydrogen-bond donors (Lipinski definition) is 0. The molecule has 0 unspecified atom stereocenters. The zero-order chi connectivity index (χ0) is 17.2. The van der Waals surface area contributed by atoms with Crippen molar-refractivity contribution >= 4 is 11.0 Å². The fourth-order valence-electron chi connectivity index (χ4n) is 3.46. The van der Waals surface area contributed by atoms with Crippen molar-refractivity contribution in [2.45, 2.75) is 32.9 Å². The molecule has 0 spiro atoms. The molecule has 0 aliphatic carbocycles. The van der Waals surface area contributed by atoms with Crippen molar-refractivity contribution in [2.75, 3.05) is 6.73 Å². The van der Waals surface area contributed by atoms with Gasteiger partial charge in [-0.2, -0.15) is 0 Å². The molecule has 4 nitrogen and oxygen atoms in total. The highest BCUT2D eigenvalue weighted by atomic mass is 16.5. The Morgan fingerprint density at radius 1 is 1.12 bits per heavy atom. The Hall–Kier alpha value is -2.59. The number of nitrogens with zero attached hydrogens (tertiary/aromatic N) is 1. The summed E-state index contributed by atoms with van der Waals surface area (Å²) in [5.41, 5.74) is 3.64. The molecule has 4 rings (SSSR count). The van der Waals surface area contributed by atoms with Crippen LogP contribution in [0.1, 0.15) is 30.0 Å². The molecule has 0 bridgehead atoms. The fourth-order valence-corrected chi connectivity index (χ4v) is 3.46. The number of fused-ring (bicyclic) bond motifs is 3. The third-order valence-corrected chi connectivity index (χ3v) is 4.61.